The summed E-state index contributed by atoms with van der Waals surface area (Å²) in [5.41, 5.74) is 7.49. The van der Waals surface area contributed by atoms with E-state index >= 15 is 0 Å². The summed E-state index contributed by atoms with van der Waals surface area (Å²) in [5, 5.41) is 15.4. The molecule has 222 valence electrons. The topological polar surface area (TPSA) is 0 Å². The molecule has 0 unspecified atom stereocenters. The third-order valence-corrected chi connectivity index (χ3v) is 10.2. The molecule has 0 spiro atoms. The van der Waals surface area contributed by atoms with Gasteiger partial charge < -0.3 is 0 Å². The van der Waals surface area contributed by atoms with Crippen molar-refractivity contribution in [3.8, 4) is 33.4 Å². The molecule has 0 fully saturated rings. The van der Waals surface area contributed by atoms with Gasteiger partial charge in [0.15, 0.2) is 0 Å². The molecular weight excluding hydrogens is 577 g/mol. The third-order valence-electron chi connectivity index (χ3n) is 10.2. The Labute approximate surface area is 279 Å². The lowest BCUT2D eigenvalue weighted by Gasteiger charge is -2.19. The van der Waals surface area contributed by atoms with Crippen molar-refractivity contribution in [3.63, 3.8) is 0 Å². The van der Waals surface area contributed by atoms with Crippen LogP contribution in [0.25, 0.3) is 98.0 Å². The van der Waals surface area contributed by atoms with Crippen LogP contribution in [0.5, 0.6) is 0 Å². The normalized spacial score (nSPS) is 11.8. The fourth-order valence-electron chi connectivity index (χ4n) is 8.02. The van der Waals surface area contributed by atoms with Crippen LogP contribution >= 0.6 is 0 Å². The summed E-state index contributed by atoms with van der Waals surface area (Å²) in [5.74, 6) is 0. The van der Waals surface area contributed by atoms with E-state index < -0.39 is 0 Å². The average Bonchev–Trinajstić information content (AvgIpc) is 3.16. The van der Waals surface area contributed by atoms with Crippen molar-refractivity contribution in [1.29, 1.82) is 0 Å². The van der Waals surface area contributed by atoms with Crippen molar-refractivity contribution >= 4 is 64.6 Å². The molecule has 0 aliphatic heterocycles. The molecular formula is C48H30. The van der Waals surface area contributed by atoms with Crippen LogP contribution in [0, 0.1) is 0 Å². The van der Waals surface area contributed by atoms with Crippen molar-refractivity contribution in [1.82, 2.24) is 0 Å². The fraction of sp³-hybridized carbons (Fsp3) is 0. The van der Waals surface area contributed by atoms with Gasteiger partial charge in [-0.25, -0.2) is 0 Å². The van der Waals surface area contributed by atoms with Gasteiger partial charge in [-0.15, -0.1) is 0 Å². The molecule has 0 aliphatic rings. The van der Waals surface area contributed by atoms with Crippen LogP contribution in [0.2, 0.25) is 0 Å². The van der Waals surface area contributed by atoms with E-state index in [0.29, 0.717) is 0 Å². The van der Waals surface area contributed by atoms with E-state index in [1.165, 1.54) is 98.0 Å². The van der Waals surface area contributed by atoms with Gasteiger partial charge in [0.1, 0.15) is 0 Å². The molecule has 0 atom stereocenters. The van der Waals surface area contributed by atoms with Gasteiger partial charge in [0.2, 0.25) is 0 Å². The number of hydrogen-bond acceptors (Lipinski definition) is 0. The second-order valence-electron chi connectivity index (χ2n) is 12.8. The SMILES string of the molecule is c1ccc(-c2c3ccccc3c(-c3ccc4c5ccccc5c5ccccc5c4c3)c3cc(-c4ccc5ccccc5c4)ccc23)cc1. The zero-order chi connectivity index (χ0) is 31.6. The molecule has 0 N–H and O–H groups in total. The summed E-state index contributed by atoms with van der Waals surface area (Å²) in [4.78, 5) is 0. The highest BCUT2D eigenvalue weighted by Gasteiger charge is 2.19. The van der Waals surface area contributed by atoms with Crippen molar-refractivity contribution in [2.45, 2.75) is 0 Å². The molecule has 10 rings (SSSR count). The highest BCUT2D eigenvalue weighted by Crippen LogP contribution is 2.46. The van der Waals surface area contributed by atoms with Gasteiger partial charge in [0, 0.05) is 0 Å². The largest absolute Gasteiger partial charge is 0.0622 e. The van der Waals surface area contributed by atoms with E-state index in [2.05, 4.69) is 182 Å². The minimum absolute atomic E-state index is 1.22. The van der Waals surface area contributed by atoms with Crippen molar-refractivity contribution in [2.75, 3.05) is 0 Å². The first-order valence-corrected chi connectivity index (χ1v) is 16.7. The van der Waals surface area contributed by atoms with E-state index in [1.807, 2.05) is 0 Å². The van der Waals surface area contributed by atoms with Crippen LogP contribution in [-0.2, 0) is 0 Å². The molecule has 0 radical (unpaired) electrons. The first-order chi connectivity index (χ1) is 23.8. The second-order valence-corrected chi connectivity index (χ2v) is 12.8. The van der Waals surface area contributed by atoms with Crippen LogP contribution in [0.15, 0.2) is 182 Å². The minimum atomic E-state index is 1.22. The third kappa shape index (κ3) is 4.10. The lowest BCUT2D eigenvalue weighted by molar-refractivity contribution is 1.65. The summed E-state index contributed by atoms with van der Waals surface area (Å²) in [7, 11) is 0. The Balaban J connectivity index is 1.33. The summed E-state index contributed by atoms with van der Waals surface area (Å²) < 4.78 is 0. The summed E-state index contributed by atoms with van der Waals surface area (Å²) in [6.45, 7) is 0. The molecule has 0 heteroatoms. The highest BCUT2D eigenvalue weighted by molar-refractivity contribution is 6.27. The average molecular weight is 607 g/mol. The molecule has 0 amide bonds. The molecule has 0 heterocycles. The predicted molar refractivity (Wildman–Crippen MR) is 208 cm³/mol. The van der Waals surface area contributed by atoms with Crippen LogP contribution in [-0.4, -0.2) is 0 Å². The maximum Gasteiger partial charge on any atom is -0.00259 e. The quantitative estimate of drug-likeness (QED) is 0.139. The smallest absolute Gasteiger partial charge is 0.00259 e. The number of benzene rings is 10. The van der Waals surface area contributed by atoms with E-state index in [0.717, 1.165) is 0 Å². The fourth-order valence-corrected chi connectivity index (χ4v) is 8.02. The summed E-state index contributed by atoms with van der Waals surface area (Å²) in [6.07, 6.45) is 0. The number of rotatable bonds is 3. The Morgan fingerprint density at radius 1 is 0.188 bits per heavy atom. The van der Waals surface area contributed by atoms with Gasteiger partial charge in [-0.3, -0.25) is 0 Å². The minimum Gasteiger partial charge on any atom is -0.0622 e. The lowest BCUT2D eigenvalue weighted by atomic mass is 9.84. The molecule has 0 nitrogen and oxygen atoms in total. The van der Waals surface area contributed by atoms with Crippen LogP contribution in [0.4, 0.5) is 0 Å². The first-order valence-electron chi connectivity index (χ1n) is 16.7. The predicted octanol–water partition coefficient (Wildman–Crippen LogP) is 13.6. The molecule has 0 saturated heterocycles. The Bertz CT molecular complexity index is 2840. The maximum atomic E-state index is 2.44. The van der Waals surface area contributed by atoms with E-state index in [-0.39, 0.29) is 0 Å². The summed E-state index contributed by atoms with van der Waals surface area (Å²) in [6, 6.07) is 67.2. The van der Waals surface area contributed by atoms with Crippen molar-refractivity contribution < 1.29 is 0 Å². The summed E-state index contributed by atoms with van der Waals surface area (Å²) >= 11 is 0. The Hall–Kier alpha value is -6.24. The van der Waals surface area contributed by atoms with Gasteiger partial charge in [-0.1, -0.05) is 164 Å². The second kappa shape index (κ2) is 10.7. The maximum absolute atomic E-state index is 2.44. The first kappa shape index (κ1) is 26.9. The van der Waals surface area contributed by atoms with Gasteiger partial charge >= 0.3 is 0 Å². The van der Waals surface area contributed by atoms with Crippen LogP contribution in [0.3, 0.4) is 0 Å². The Kier molecular flexibility index (Phi) is 5.98. The molecule has 0 bridgehead atoms. The highest BCUT2D eigenvalue weighted by atomic mass is 14.2. The van der Waals surface area contributed by atoms with E-state index in [1.54, 1.807) is 0 Å². The molecule has 0 aliphatic carbocycles. The van der Waals surface area contributed by atoms with Crippen LogP contribution in [0.1, 0.15) is 0 Å². The molecule has 10 aromatic carbocycles. The monoisotopic (exact) mass is 606 g/mol. The lowest BCUT2D eigenvalue weighted by Crippen LogP contribution is -1.92. The van der Waals surface area contributed by atoms with Crippen molar-refractivity contribution in [2.24, 2.45) is 0 Å². The van der Waals surface area contributed by atoms with E-state index in [9.17, 15) is 0 Å². The standard InChI is InChI=1S/C48H30/c1-2-13-32(14-3-1)47-42-20-10-11-21-43(42)48(46-29-35(24-27-44(46)47)34-23-22-31-12-4-5-15-33(31)28-34)36-25-26-41-39-18-7-6-16-37(39)38-17-8-9-19-40(38)45(41)30-36/h1-30H. The molecule has 0 saturated carbocycles. The zero-order valence-corrected chi connectivity index (χ0v) is 26.3. The molecule has 10 aromatic rings. The number of hydrogen-bond donors (Lipinski definition) is 0. The van der Waals surface area contributed by atoms with E-state index in [4.69, 9.17) is 0 Å². The number of fused-ring (bicyclic) bond motifs is 9. The van der Waals surface area contributed by atoms with Crippen LogP contribution < -0.4 is 0 Å². The van der Waals surface area contributed by atoms with Crippen molar-refractivity contribution in [3.05, 3.63) is 182 Å². The van der Waals surface area contributed by atoms with Gasteiger partial charge in [-0.2, -0.15) is 0 Å². The Morgan fingerprint density at radius 2 is 0.604 bits per heavy atom. The Morgan fingerprint density at radius 3 is 1.29 bits per heavy atom. The van der Waals surface area contributed by atoms with Gasteiger partial charge in [0.25, 0.3) is 0 Å². The molecule has 48 heavy (non-hydrogen) atoms. The zero-order valence-electron chi connectivity index (χ0n) is 26.3. The van der Waals surface area contributed by atoms with Gasteiger partial charge in [-0.05, 0) is 116 Å². The molecule has 0 aromatic heterocycles. The van der Waals surface area contributed by atoms with Gasteiger partial charge in [0.05, 0.1) is 0 Å².